The number of nitrogens with one attached hydrogen (secondary N) is 1. The summed E-state index contributed by atoms with van der Waals surface area (Å²) in [5.41, 5.74) is 3.69. The van der Waals surface area contributed by atoms with Gasteiger partial charge in [-0.1, -0.05) is 13.0 Å². The van der Waals surface area contributed by atoms with Crippen LogP contribution in [-0.4, -0.2) is 24.7 Å². The summed E-state index contributed by atoms with van der Waals surface area (Å²) in [6.45, 7) is 9.09. The number of rotatable bonds is 4. The van der Waals surface area contributed by atoms with E-state index >= 15 is 0 Å². The fourth-order valence-electron chi connectivity index (χ4n) is 2.57. The van der Waals surface area contributed by atoms with Crippen LogP contribution in [0.2, 0.25) is 0 Å². The number of aryl methyl sites for hydroxylation is 2. The normalized spacial score (nSPS) is 21.7. The molecule has 3 heteroatoms. The number of pyridine rings is 1. The Kier molecular flexibility index (Phi) is 4.13. The number of ether oxygens (including phenoxy) is 1. The van der Waals surface area contributed by atoms with Crippen LogP contribution in [0, 0.1) is 19.8 Å². The Labute approximate surface area is 104 Å². The van der Waals surface area contributed by atoms with Crippen molar-refractivity contribution in [2.45, 2.75) is 33.2 Å². The number of hydrogen-bond acceptors (Lipinski definition) is 3. The van der Waals surface area contributed by atoms with Gasteiger partial charge in [-0.3, -0.25) is 4.98 Å². The van der Waals surface area contributed by atoms with E-state index in [0.29, 0.717) is 12.0 Å². The van der Waals surface area contributed by atoms with Crippen molar-refractivity contribution in [2.75, 3.05) is 19.8 Å². The molecule has 1 aromatic heterocycles. The molecule has 2 heterocycles. The average Bonchev–Trinajstić information content (AvgIpc) is 2.80. The molecule has 0 saturated carbocycles. The second-order valence-corrected chi connectivity index (χ2v) is 4.87. The molecule has 0 amide bonds. The van der Waals surface area contributed by atoms with Gasteiger partial charge >= 0.3 is 0 Å². The van der Waals surface area contributed by atoms with Crippen LogP contribution in [0.5, 0.6) is 0 Å². The second kappa shape index (κ2) is 5.61. The lowest BCUT2D eigenvalue weighted by Gasteiger charge is -2.24. The van der Waals surface area contributed by atoms with Gasteiger partial charge in [0.2, 0.25) is 0 Å². The molecule has 1 aromatic rings. The summed E-state index contributed by atoms with van der Waals surface area (Å²) in [5.74, 6) is 0.559. The van der Waals surface area contributed by atoms with E-state index in [2.05, 4.69) is 37.1 Å². The van der Waals surface area contributed by atoms with Crippen LogP contribution in [-0.2, 0) is 4.74 Å². The highest BCUT2D eigenvalue weighted by molar-refractivity contribution is 5.26. The van der Waals surface area contributed by atoms with E-state index in [1.807, 2.05) is 6.20 Å². The number of hydrogen-bond donors (Lipinski definition) is 1. The van der Waals surface area contributed by atoms with Crippen molar-refractivity contribution in [2.24, 2.45) is 5.92 Å². The largest absolute Gasteiger partial charge is 0.381 e. The van der Waals surface area contributed by atoms with E-state index in [-0.39, 0.29) is 0 Å². The van der Waals surface area contributed by atoms with Crippen molar-refractivity contribution < 1.29 is 4.74 Å². The number of nitrogens with zero attached hydrogens (tertiary/aromatic N) is 1. The fraction of sp³-hybridized carbons (Fsp3) is 0.643. The summed E-state index contributed by atoms with van der Waals surface area (Å²) in [7, 11) is 0. The first kappa shape index (κ1) is 12.5. The van der Waals surface area contributed by atoms with Gasteiger partial charge in [-0.2, -0.15) is 0 Å². The molecular formula is C14H22N2O. The number of aromatic nitrogens is 1. The minimum atomic E-state index is 0.336. The first-order valence-corrected chi connectivity index (χ1v) is 6.46. The van der Waals surface area contributed by atoms with E-state index in [4.69, 9.17) is 4.74 Å². The van der Waals surface area contributed by atoms with Crippen molar-refractivity contribution in [1.29, 1.82) is 0 Å². The molecule has 1 aliphatic heterocycles. The zero-order valence-electron chi connectivity index (χ0n) is 11.0. The molecule has 94 valence electrons. The van der Waals surface area contributed by atoms with Crippen LogP contribution in [0.1, 0.15) is 36.2 Å². The molecule has 0 aliphatic carbocycles. The minimum Gasteiger partial charge on any atom is -0.381 e. The lowest BCUT2D eigenvalue weighted by Crippen LogP contribution is -2.30. The zero-order valence-corrected chi connectivity index (χ0v) is 11.0. The van der Waals surface area contributed by atoms with Crippen molar-refractivity contribution in [3.05, 3.63) is 29.1 Å². The molecule has 1 fully saturated rings. The molecule has 1 N–H and O–H groups in total. The van der Waals surface area contributed by atoms with E-state index in [1.165, 1.54) is 16.8 Å². The van der Waals surface area contributed by atoms with E-state index < -0.39 is 0 Å². The Hall–Kier alpha value is -0.930. The third-order valence-electron chi connectivity index (χ3n) is 3.41. The maximum atomic E-state index is 5.50. The Bertz CT molecular complexity index is 372. The third-order valence-corrected chi connectivity index (χ3v) is 3.41. The van der Waals surface area contributed by atoms with Crippen molar-refractivity contribution >= 4 is 0 Å². The van der Waals surface area contributed by atoms with Gasteiger partial charge in [0, 0.05) is 18.7 Å². The fourth-order valence-corrected chi connectivity index (χ4v) is 2.57. The minimum absolute atomic E-state index is 0.336. The van der Waals surface area contributed by atoms with Crippen LogP contribution in [0.3, 0.4) is 0 Å². The standard InChI is InChI=1S/C14H22N2O/c1-4-15-14(12-5-6-17-9-12)13-11(3)7-10(2)8-16-13/h7-8,12,14-15H,4-6,9H2,1-3H3. The van der Waals surface area contributed by atoms with Crippen LogP contribution < -0.4 is 5.32 Å². The van der Waals surface area contributed by atoms with Crippen molar-refractivity contribution in [3.8, 4) is 0 Å². The first-order valence-electron chi connectivity index (χ1n) is 6.46. The molecule has 0 bridgehead atoms. The van der Waals surface area contributed by atoms with Gasteiger partial charge in [0.15, 0.2) is 0 Å². The first-order chi connectivity index (χ1) is 8.22. The Morgan fingerprint density at radius 3 is 2.94 bits per heavy atom. The van der Waals surface area contributed by atoms with Gasteiger partial charge in [0.1, 0.15) is 0 Å². The highest BCUT2D eigenvalue weighted by Gasteiger charge is 2.28. The third kappa shape index (κ3) is 2.85. The van der Waals surface area contributed by atoms with Gasteiger partial charge in [-0.15, -0.1) is 0 Å². The quantitative estimate of drug-likeness (QED) is 0.868. The lowest BCUT2D eigenvalue weighted by molar-refractivity contribution is 0.176. The molecule has 1 aliphatic rings. The summed E-state index contributed by atoms with van der Waals surface area (Å²) < 4.78 is 5.50. The van der Waals surface area contributed by atoms with E-state index in [9.17, 15) is 0 Å². The SMILES string of the molecule is CCNC(c1ncc(C)cc1C)C1CCOC1. The lowest BCUT2D eigenvalue weighted by atomic mass is 9.93. The Balaban J connectivity index is 2.24. The van der Waals surface area contributed by atoms with Crippen LogP contribution in [0.25, 0.3) is 0 Å². The molecule has 1 saturated heterocycles. The highest BCUT2D eigenvalue weighted by Crippen LogP contribution is 2.29. The highest BCUT2D eigenvalue weighted by atomic mass is 16.5. The summed E-state index contributed by atoms with van der Waals surface area (Å²) in [6.07, 6.45) is 3.09. The Morgan fingerprint density at radius 1 is 1.53 bits per heavy atom. The molecule has 3 nitrogen and oxygen atoms in total. The summed E-state index contributed by atoms with van der Waals surface area (Å²) in [6, 6.07) is 2.55. The molecule has 0 radical (unpaired) electrons. The van der Waals surface area contributed by atoms with Crippen molar-refractivity contribution in [3.63, 3.8) is 0 Å². The molecule has 0 aromatic carbocycles. The maximum Gasteiger partial charge on any atom is 0.0606 e. The van der Waals surface area contributed by atoms with Gasteiger partial charge in [0.05, 0.1) is 18.3 Å². The average molecular weight is 234 g/mol. The van der Waals surface area contributed by atoms with E-state index in [1.54, 1.807) is 0 Å². The van der Waals surface area contributed by atoms with Gasteiger partial charge in [-0.25, -0.2) is 0 Å². The van der Waals surface area contributed by atoms with Crippen LogP contribution in [0.4, 0.5) is 0 Å². The van der Waals surface area contributed by atoms with Gasteiger partial charge < -0.3 is 10.1 Å². The predicted molar refractivity (Wildman–Crippen MR) is 69.1 cm³/mol. The predicted octanol–water partition coefficient (Wildman–Crippen LogP) is 2.39. The second-order valence-electron chi connectivity index (χ2n) is 4.87. The maximum absolute atomic E-state index is 5.50. The summed E-state index contributed by atoms with van der Waals surface area (Å²) in [5, 5.41) is 3.56. The van der Waals surface area contributed by atoms with E-state index in [0.717, 1.165) is 26.2 Å². The zero-order chi connectivity index (χ0) is 12.3. The molecule has 17 heavy (non-hydrogen) atoms. The van der Waals surface area contributed by atoms with Crippen LogP contribution in [0.15, 0.2) is 12.3 Å². The smallest absolute Gasteiger partial charge is 0.0606 e. The topological polar surface area (TPSA) is 34.2 Å². The monoisotopic (exact) mass is 234 g/mol. The molecule has 2 atom stereocenters. The summed E-state index contributed by atoms with van der Waals surface area (Å²) >= 11 is 0. The summed E-state index contributed by atoms with van der Waals surface area (Å²) in [4.78, 5) is 4.62. The van der Waals surface area contributed by atoms with Gasteiger partial charge in [-0.05, 0) is 37.9 Å². The molecule has 2 rings (SSSR count). The Morgan fingerprint density at radius 2 is 2.35 bits per heavy atom. The van der Waals surface area contributed by atoms with Crippen LogP contribution >= 0.6 is 0 Å². The molecular weight excluding hydrogens is 212 g/mol. The molecule has 0 spiro atoms. The van der Waals surface area contributed by atoms with Crippen molar-refractivity contribution in [1.82, 2.24) is 10.3 Å². The molecule has 2 unspecified atom stereocenters. The van der Waals surface area contributed by atoms with Gasteiger partial charge in [0.25, 0.3) is 0 Å².